The van der Waals surface area contributed by atoms with E-state index in [-0.39, 0.29) is 17.5 Å². The Bertz CT molecular complexity index is 774. The van der Waals surface area contributed by atoms with Crippen molar-refractivity contribution < 1.29 is 4.79 Å². The number of hydrogen-bond donors (Lipinski definition) is 2. The summed E-state index contributed by atoms with van der Waals surface area (Å²) in [6, 6.07) is 7.47. The molecule has 1 saturated carbocycles. The highest BCUT2D eigenvalue weighted by Crippen LogP contribution is 2.33. The van der Waals surface area contributed by atoms with Crippen LogP contribution in [0.4, 0.5) is 0 Å². The van der Waals surface area contributed by atoms with Gasteiger partial charge in [-0.2, -0.15) is 5.10 Å². The highest BCUT2D eigenvalue weighted by molar-refractivity contribution is 6.33. The molecule has 1 fully saturated rings. The zero-order valence-electron chi connectivity index (χ0n) is 14.9. The molecule has 1 amide bonds. The summed E-state index contributed by atoms with van der Waals surface area (Å²) in [5.41, 5.74) is 7.48. The second-order valence-corrected chi connectivity index (χ2v) is 8.05. The molecule has 0 radical (unpaired) electrons. The van der Waals surface area contributed by atoms with Gasteiger partial charge in [-0.05, 0) is 45.6 Å². The molecule has 5 nitrogen and oxygen atoms in total. The van der Waals surface area contributed by atoms with Crippen LogP contribution in [0.25, 0.3) is 11.3 Å². The lowest BCUT2D eigenvalue weighted by atomic mass is 10.1. The van der Waals surface area contributed by atoms with Gasteiger partial charge in [0.15, 0.2) is 0 Å². The van der Waals surface area contributed by atoms with Crippen LogP contribution in [0.1, 0.15) is 44.0 Å². The zero-order chi connectivity index (χ0) is 18.2. The molecule has 3 rings (SSSR count). The fourth-order valence-electron chi connectivity index (χ4n) is 2.85. The smallest absolute Gasteiger partial charge is 0.255 e. The van der Waals surface area contributed by atoms with Gasteiger partial charge in [0, 0.05) is 24.3 Å². The number of benzene rings is 1. The topological polar surface area (TPSA) is 72.9 Å². The third-order valence-electron chi connectivity index (χ3n) is 4.54. The van der Waals surface area contributed by atoms with Gasteiger partial charge >= 0.3 is 0 Å². The summed E-state index contributed by atoms with van der Waals surface area (Å²) in [4.78, 5) is 12.9. The van der Waals surface area contributed by atoms with Crippen molar-refractivity contribution in [3.8, 4) is 11.3 Å². The fraction of sp³-hybridized carbons (Fsp3) is 0.474. The summed E-state index contributed by atoms with van der Waals surface area (Å²) in [5.74, 6) is 0.350. The minimum Gasteiger partial charge on any atom is -0.348 e. The van der Waals surface area contributed by atoms with Crippen molar-refractivity contribution in [2.24, 2.45) is 11.7 Å². The number of nitrogens with zero attached hydrogens (tertiary/aromatic N) is 2. The molecule has 1 aromatic carbocycles. The van der Waals surface area contributed by atoms with Gasteiger partial charge in [0.2, 0.25) is 0 Å². The number of hydrogen-bond acceptors (Lipinski definition) is 3. The Morgan fingerprint density at radius 1 is 1.40 bits per heavy atom. The predicted molar refractivity (Wildman–Crippen MR) is 101 cm³/mol. The Kier molecular flexibility index (Phi) is 4.89. The summed E-state index contributed by atoms with van der Waals surface area (Å²) in [7, 11) is 0. The van der Waals surface area contributed by atoms with Gasteiger partial charge in [0.1, 0.15) is 5.69 Å². The molecular weight excluding hydrogens is 336 g/mol. The second kappa shape index (κ2) is 6.81. The SMILES string of the molecule is CC(C)(C)n1cc(C(=O)NC(CN)C2CC2)c(-c2ccccc2Cl)n1. The molecule has 25 heavy (non-hydrogen) atoms. The first-order valence-electron chi connectivity index (χ1n) is 8.67. The molecule has 134 valence electrons. The van der Waals surface area contributed by atoms with Crippen molar-refractivity contribution in [3.05, 3.63) is 41.0 Å². The van der Waals surface area contributed by atoms with Crippen LogP contribution in [-0.2, 0) is 5.54 Å². The van der Waals surface area contributed by atoms with Gasteiger partial charge in [-0.25, -0.2) is 0 Å². The fourth-order valence-corrected chi connectivity index (χ4v) is 3.08. The van der Waals surface area contributed by atoms with E-state index in [1.807, 2.05) is 49.7 Å². The van der Waals surface area contributed by atoms with E-state index in [1.54, 1.807) is 6.20 Å². The third kappa shape index (κ3) is 3.88. The standard InChI is InChI=1S/C19H25ClN4O/c1-19(2,3)24-11-14(18(25)22-16(10-21)12-8-9-12)17(23-24)13-6-4-5-7-15(13)20/h4-7,11-12,16H,8-10,21H2,1-3H3,(H,22,25). The Hall–Kier alpha value is -1.85. The van der Waals surface area contributed by atoms with E-state index in [1.165, 1.54) is 0 Å². The lowest BCUT2D eigenvalue weighted by Gasteiger charge is -2.19. The van der Waals surface area contributed by atoms with E-state index in [0.717, 1.165) is 18.4 Å². The molecule has 2 aromatic rings. The van der Waals surface area contributed by atoms with Gasteiger partial charge in [-0.3, -0.25) is 9.48 Å². The van der Waals surface area contributed by atoms with Gasteiger partial charge in [0.05, 0.1) is 16.1 Å². The van der Waals surface area contributed by atoms with Crippen molar-refractivity contribution in [3.63, 3.8) is 0 Å². The molecule has 0 aliphatic heterocycles. The monoisotopic (exact) mass is 360 g/mol. The van der Waals surface area contributed by atoms with E-state index in [0.29, 0.717) is 28.7 Å². The number of nitrogens with two attached hydrogens (primary N) is 1. The first-order valence-corrected chi connectivity index (χ1v) is 9.05. The average molecular weight is 361 g/mol. The molecule has 6 heteroatoms. The number of aromatic nitrogens is 2. The Morgan fingerprint density at radius 2 is 2.08 bits per heavy atom. The number of nitrogens with one attached hydrogen (secondary N) is 1. The van der Waals surface area contributed by atoms with Gasteiger partial charge in [-0.1, -0.05) is 29.8 Å². The van der Waals surface area contributed by atoms with E-state index in [9.17, 15) is 4.79 Å². The highest BCUT2D eigenvalue weighted by atomic mass is 35.5. The summed E-state index contributed by atoms with van der Waals surface area (Å²) >= 11 is 6.35. The van der Waals surface area contributed by atoms with Gasteiger partial charge in [-0.15, -0.1) is 0 Å². The molecular formula is C19H25ClN4O. The molecule has 1 heterocycles. The maximum atomic E-state index is 12.9. The minimum absolute atomic E-state index is 0.0181. The maximum absolute atomic E-state index is 12.9. The Labute approximate surface area is 153 Å². The summed E-state index contributed by atoms with van der Waals surface area (Å²) in [6.07, 6.45) is 4.05. The van der Waals surface area contributed by atoms with Crippen molar-refractivity contribution in [1.29, 1.82) is 0 Å². The van der Waals surface area contributed by atoms with Gasteiger partial charge in [0.25, 0.3) is 5.91 Å². The molecule has 1 aliphatic rings. The molecule has 0 saturated heterocycles. The summed E-state index contributed by atoms with van der Waals surface area (Å²) < 4.78 is 1.81. The second-order valence-electron chi connectivity index (χ2n) is 7.64. The van der Waals surface area contributed by atoms with Crippen molar-refractivity contribution in [1.82, 2.24) is 15.1 Å². The lowest BCUT2D eigenvalue weighted by molar-refractivity contribution is 0.0934. The van der Waals surface area contributed by atoms with Crippen LogP contribution in [0.3, 0.4) is 0 Å². The quantitative estimate of drug-likeness (QED) is 0.857. The van der Waals surface area contributed by atoms with Crippen LogP contribution in [0.2, 0.25) is 5.02 Å². The molecule has 1 aromatic heterocycles. The van der Waals surface area contributed by atoms with Crippen LogP contribution < -0.4 is 11.1 Å². The first-order chi connectivity index (χ1) is 11.8. The zero-order valence-corrected chi connectivity index (χ0v) is 15.7. The summed E-state index contributed by atoms with van der Waals surface area (Å²) in [6.45, 7) is 6.59. The lowest BCUT2D eigenvalue weighted by Crippen LogP contribution is -2.41. The summed E-state index contributed by atoms with van der Waals surface area (Å²) in [5, 5.41) is 8.32. The van der Waals surface area contributed by atoms with Crippen LogP contribution in [-0.4, -0.2) is 28.3 Å². The number of amides is 1. The number of carbonyl (C=O) groups excluding carboxylic acids is 1. The highest BCUT2D eigenvalue weighted by Gasteiger charge is 2.32. The maximum Gasteiger partial charge on any atom is 0.255 e. The average Bonchev–Trinajstić information content (AvgIpc) is 3.29. The predicted octanol–water partition coefficient (Wildman–Crippen LogP) is 3.43. The van der Waals surface area contributed by atoms with Crippen LogP contribution in [0.15, 0.2) is 30.5 Å². The third-order valence-corrected chi connectivity index (χ3v) is 4.87. The molecule has 0 bridgehead atoms. The van der Waals surface area contributed by atoms with E-state index < -0.39 is 0 Å². The van der Waals surface area contributed by atoms with E-state index in [4.69, 9.17) is 17.3 Å². The largest absolute Gasteiger partial charge is 0.348 e. The number of halogens is 1. The van der Waals surface area contributed by atoms with Gasteiger partial charge < -0.3 is 11.1 Å². The molecule has 3 N–H and O–H groups in total. The normalized spacial score (nSPS) is 15.9. The molecule has 1 atom stereocenters. The number of carbonyl (C=O) groups is 1. The van der Waals surface area contributed by atoms with Crippen LogP contribution >= 0.6 is 11.6 Å². The molecule has 0 spiro atoms. The minimum atomic E-state index is -0.238. The van der Waals surface area contributed by atoms with Crippen LogP contribution in [0.5, 0.6) is 0 Å². The first kappa shape index (κ1) is 18.0. The molecule has 1 aliphatic carbocycles. The Morgan fingerprint density at radius 3 is 2.64 bits per heavy atom. The van der Waals surface area contributed by atoms with Crippen molar-refractivity contribution in [2.75, 3.05) is 6.54 Å². The number of rotatable bonds is 5. The Balaban J connectivity index is 2.00. The van der Waals surface area contributed by atoms with E-state index in [2.05, 4.69) is 10.4 Å². The van der Waals surface area contributed by atoms with Crippen LogP contribution in [0, 0.1) is 5.92 Å². The molecule has 1 unspecified atom stereocenters. The van der Waals surface area contributed by atoms with Crippen molar-refractivity contribution >= 4 is 17.5 Å². The van der Waals surface area contributed by atoms with E-state index >= 15 is 0 Å². The van der Waals surface area contributed by atoms with Crippen molar-refractivity contribution in [2.45, 2.75) is 45.2 Å².